The van der Waals surface area contributed by atoms with Gasteiger partial charge in [-0.05, 0) is 50.6 Å². The zero-order chi connectivity index (χ0) is 21.8. The molecule has 2 aliphatic rings. The summed E-state index contributed by atoms with van der Waals surface area (Å²) in [4.78, 5) is 30.9. The van der Waals surface area contributed by atoms with Gasteiger partial charge in [-0.15, -0.1) is 12.4 Å². The van der Waals surface area contributed by atoms with E-state index in [0.717, 1.165) is 69.9 Å². The van der Waals surface area contributed by atoms with E-state index in [0.29, 0.717) is 11.3 Å². The summed E-state index contributed by atoms with van der Waals surface area (Å²) in [5.41, 5.74) is 2.57. The summed E-state index contributed by atoms with van der Waals surface area (Å²) in [5.74, 6) is -0.338. The van der Waals surface area contributed by atoms with Gasteiger partial charge in [-0.3, -0.25) is 14.9 Å². The maximum atomic E-state index is 13.0. The molecule has 0 aromatic heterocycles. The number of nitro groups is 1. The first-order valence-electron chi connectivity index (χ1n) is 10.9. The minimum Gasteiger partial charge on any atom is -0.367 e. The highest BCUT2D eigenvalue weighted by Crippen LogP contribution is 2.32. The van der Waals surface area contributed by atoms with Crippen molar-refractivity contribution in [3.8, 4) is 0 Å². The smallest absolute Gasteiger partial charge is 0.293 e. The van der Waals surface area contributed by atoms with Crippen molar-refractivity contribution in [2.75, 3.05) is 61.4 Å². The van der Waals surface area contributed by atoms with Crippen LogP contribution in [0.4, 0.5) is 22.7 Å². The molecule has 8 nitrogen and oxygen atoms in total. The highest BCUT2D eigenvalue weighted by molar-refractivity contribution is 6.06. The first-order valence-corrected chi connectivity index (χ1v) is 10.9. The first-order chi connectivity index (χ1) is 15.0. The van der Waals surface area contributed by atoms with Gasteiger partial charge in [-0.25, -0.2) is 0 Å². The fourth-order valence-corrected chi connectivity index (χ4v) is 4.31. The Bertz CT molecular complexity index is 956. The van der Waals surface area contributed by atoms with Crippen molar-refractivity contribution in [1.29, 1.82) is 0 Å². The summed E-state index contributed by atoms with van der Waals surface area (Å²) in [6.45, 7) is 5.33. The molecule has 1 amide bonds. The molecular formula is C23H30ClN5O3. The third-order valence-electron chi connectivity index (χ3n) is 6.13. The number of piperidine rings is 1. The van der Waals surface area contributed by atoms with E-state index in [1.165, 1.54) is 6.07 Å². The number of hydrogen-bond acceptors (Lipinski definition) is 6. The molecule has 1 N–H and O–H groups in total. The van der Waals surface area contributed by atoms with Crippen LogP contribution in [0.3, 0.4) is 0 Å². The Morgan fingerprint density at radius 2 is 1.56 bits per heavy atom. The highest BCUT2D eigenvalue weighted by Gasteiger charge is 2.24. The van der Waals surface area contributed by atoms with E-state index >= 15 is 0 Å². The van der Waals surface area contributed by atoms with Gasteiger partial charge in [-0.1, -0.05) is 12.1 Å². The number of benzene rings is 2. The molecule has 0 aliphatic carbocycles. The lowest BCUT2D eigenvalue weighted by Crippen LogP contribution is -2.44. The van der Waals surface area contributed by atoms with Crippen LogP contribution in [0.25, 0.3) is 0 Å². The molecule has 0 unspecified atom stereocenters. The number of likely N-dealkylation sites (N-methyl/N-ethyl adjacent to an activating group) is 1. The van der Waals surface area contributed by atoms with Crippen LogP contribution in [0.1, 0.15) is 29.6 Å². The van der Waals surface area contributed by atoms with Crippen LogP contribution in [0.5, 0.6) is 0 Å². The van der Waals surface area contributed by atoms with Crippen molar-refractivity contribution in [1.82, 2.24) is 4.90 Å². The lowest BCUT2D eigenvalue weighted by molar-refractivity contribution is -0.384. The van der Waals surface area contributed by atoms with E-state index < -0.39 is 0 Å². The highest BCUT2D eigenvalue weighted by atomic mass is 35.5. The second-order valence-electron chi connectivity index (χ2n) is 8.27. The summed E-state index contributed by atoms with van der Waals surface area (Å²) in [6.07, 6.45) is 3.21. The maximum Gasteiger partial charge on any atom is 0.293 e. The zero-order valence-electron chi connectivity index (χ0n) is 18.3. The Labute approximate surface area is 194 Å². The van der Waals surface area contributed by atoms with Gasteiger partial charge in [0.25, 0.3) is 11.6 Å². The lowest BCUT2D eigenvalue weighted by atomic mass is 10.1. The molecule has 2 aromatic rings. The van der Waals surface area contributed by atoms with E-state index in [2.05, 4.69) is 22.2 Å². The topological polar surface area (TPSA) is 82.0 Å². The molecule has 0 saturated carbocycles. The first kappa shape index (κ1) is 23.8. The Kier molecular flexibility index (Phi) is 7.93. The lowest BCUT2D eigenvalue weighted by Gasteiger charge is -2.35. The second kappa shape index (κ2) is 10.7. The monoisotopic (exact) mass is 459 g/mol. The predicted octanol–water partition coefficient (Wildman–Crippen LogP) is 4.01. The van der Waals surface area contributed by atoms with Crippen molar-refractivity contribution >= 4 is 41.1 Å². The Hall–Kier alpha value is -2.84. The number of anilines is 3. The third kappa shape index (κ3) is 5.31. The summed E-state index contributed by atoms with van der Waals surface area (Å²) >= 11 is 0. The Morgan fingerprint density at radius 1 is 0.906 bits per heavy atom. The van der Waals surface area contributed by atoms with Crippen LogP contribution >= 0.6 is 12.4 Å². The standard InChI is InChI=1S/C23H29N5O3.ClH/c1-25-13-15-27(16-14-25)20-8-4-3-7-19(20)24-23(29)18-9-10-21(22(17-18)28(30)31)26-11-5-2-6-12-26;/h3-4,7-10,17H,2,5-6,11-16H2,1H3,(H,24,29);1H. The quantitative estimate of drug-likeness (QED) is 0.537. The fraction of sp³-hybridized carbons (Fsp3) is 0.435. The average Bonchev–Trinajstić information content (AvgIpc) is 2.80. The number of carbonyl (C=O) groups is 1. The van der Waals surface area contributed by atoms with Crippen LogP contribution in [-0.4, -0.2) is 62.0 Å². The number of hydrogen-bond donors (Lipinski definition) is 1. The van der Waals surface area contributed by atoms with E-state index in [-0.39, 0.29) is 28.9 Å². The molecule has 2 fully saturated rings. The average molecular weight is 460 g/mol. The molecule has 9 heteroatoms. The van der Waals surface area contributed by atoms with Gasteiger partial charge < -0.3 is 20.0 Å². The van der Waals surface area contributed by atoms with E-state index in [1.54, 1.807) is 12.1 Å². The molecule has 2 heterocycles. The second-order valence-corrected chi connectivity index (χ2v) is 8.27. The number of carbonyl (C=O) groups excluding carboxylic acids is 1. The number of para-hydroxylation sites is 2. The van der Waals surface area contributed by atoms with Gasteiger partial charge in [-0.2, -0.15) is 0 Å². The fourth-order valence-electron chi connectivity index (χ4n) is 4.31. The molecule has 2 aromatic carbocycles. The van der Waals surface area contributed by atoms with E-state index in [4.69, 9.17) is 0 Å². The van der Waals surface area contributed by atoms with E-state index in [9.17, 15) is 14.9 Å². The summed E-state index contributed by atoms with van der Waals surface area (Å²) in [5, 5.41) is 14.7. The molecule has 0 spiro atoms. The van der Waals surface area contributed by atoms with Crippen LogP contribution < -0.4 is 15.1 Å². The molecular weight excluding hydrogens is 430 g/mol. The van der Waals surface area contributed by atoms with Crippen molar-refractivity contribution in [2.24, 2.45) is 0 Å². The summed E-state index contributed by atoms with van der Waals surface area (Å²) in [6, 6.07) is 12.5. The number of nitrogens with zero attached hydrogens (tertiary/aromatic N) is 4. The van der Waals surface area contributed by atoms with Gasteiger partial charge in [0.15, 0.2) is 0 Å². The molecule has 0 radical (unpaired) electrons. The van der Waals surface area contributed by atoms with Gasteiger partial charge in [0, 0.05) is 50.9 Å². The number of piperazine rings is 1. The van der Waals surface area contributed by atoms with Crippen LogP contribution in [0, 0.1) is 10.1 Å². The maximum absolute atomic E-state index is 13.0. The van der Waals surface area contributed by atoms with Gasteiger partial charge in [0.1, 0.15) is 5.69 Å². The SMILES string of the molecule is CN1CCN(c2ccccc2NC(=O)c2ccc(N3CCCCC3)c([N+](=O)[O-])c2)CC1.Cl. The van der Waals surface area contributed by atoms with Crippen LogP contribution in [0.2, 0.25) is 0 Å². The molecule has 172 valence electrons. The number of amides is 1. The minimum absolute atomic E-state index is 0. The molecule has 2 saturated heterocycles. The number of rotatable bonds is 5. The minimum atomic E-state index is -0.390. The van der Waals surface area contributed by atoms with Crippen molar-refractivity contribution in [3.05, 3.63) is 58.1 Å². The molecule has 32 heavy (non-hydrogen) atoms. The van der Waals surface area contributed by atoms with Crippen LogP contribution in [-0.2, 0) is 0 Å². The van der Waals surface area contributed by atoms with Gasteiger partial charge in [0.05, 0.1) is 16.3 Å². The van der Waals surface area contributed by atoms with Crippen molar-refractivity contribution in [2.45, 2.75) is 19.3 Å². The largest absolute Gasteiger partial charge is 0.367 e. The molecule has 0 atom stereocenters. The van der Waals surface area contributed by atoms with E-state index in [1.807, 2.05) is 29.2 Å². The molecule has 4 rings (SSSR count). The summed E-state index contributed by atoms with van der Waals surface area (Å²) in [7, 11) is 2.10. The van der Waals surface area contributed by atoms with Crippen molar-refractivity contribution < 1.29 is 9.72 Å². The van der Waals surface area contributed by atoms with Crippen LogP contribution in [0.15, 0.2) is 42.5 Å². The van der Waals surface area contributed by atoms with Crippen molar-refractivity contribution in [3.63, 3.8) is 0 Å². The Balaban J connectivity index is 0.00000289. The van der Waals surface area contributed by atoms with Gasteiger partial charge in [0.2, 0.25) is 0 Å². The Morgan fingerprint density at radius 3 is 2.25 bits per heavy atom. The molecule has 0 bridgehead atoms. The third-order valence-corrected chi connectivity index (χ3v) is 6.13. The number of halogens is 1. The number of nitro benzene ring substituents is 1. The summed E-state index contributed by atoms with van der Waals surface area (Å²) < 4.78 is 0. The van der Waals surface area contributed by atoms with Gasteiger partial charge >= 0.3 is 0 Å². The molecule has 2 aliphatic heterocycles. The normalized spacial score (nSPS) is 16.9. The predicted molar refractivity (Wildman–Crippen MR) is 131 cm³/mol. The number of nitrogens with one attached hydrogen (secondary N) is 1. The zero-order valence-corrected chi connectivity index (χ0v) is 19.1.